The van der Waals surface area contributed by atoms with Crippen LogP contribution in [0.2, 0.25) is 0 Å². The smallest absolute Gasteiger partial charge is 0.167 e. The van der Waals surface area contributed by atoms with Crippen molar-refractivity contribution in [3.63, 3.8) is 0 Å². The molecule has 0 aliphatic rings. The number of aliphatic hydroxyl groups excluding tert-OH is 1. The Hall–Kier alpha value is -1.36. The molecule has 0 atom stereocenters. The third-order valence-corrected chi connectivity index (χ3v) is 1.95. The lowest BCUT2D eigenvalue weighted by atomic mass is 10.1. The molecule has 5 heteroatoms. The molecule has 1 rings (SSSR count). The summed E-state index contributed by atoms with van der Waals surface area (Å²) in [4.78, 5) is 0. The lowest BCUT2D eigenvalue weighted by molar-refractivity contribution is 0.262. The van der Waals surface area contributed by atoms with Crippen molar-refractivity contribution in [2.24, 2.45) is 0 Å². The Bertz CT molecular complexity index is 372. The molecule has 0 aliphatic heterocycles. The van der Waals surface area contributed by atoms with Crippen molar-refractivity contribution in [2.45, 2.75) is 13.0 Å². The van der Waals surface area contributed by atoms with Crippen LogP contribution in [-0.2, 0) is 13.0 Å². The van der Waals surface area contributed by atoms with Gasteiger partial charge in [0.25, 0.3) is 0 Å². The van der Waals surface area contributed by atoms with Crippen LogP contribution in [0.5, 0.6) is 0 Å². The van der Waals surface area contributed by atoms with E-state index in [-0.39, 0.29) is 6.42 Å². The number of halogens is 4. The number of rotatable bonds is 3. The van der Waals surface area contributed by atoms with Gasteiger partial charge in [0.1, 0.15) is 0 Å². The summed E-state index contributed by atoms with van der Waals surface area (Å²) in [6, 6.07) is 0. The van der Waals surface area contributed by atoms with Gasteiger partial charge in [-0.3, -0.25) is 0 Å². The van der Waals surface area contributed by atoms with Gasteiger partial charge in [-0.05, 0) is 6.42 Å². The maximum Gasteiger partial charge on any atom is 0.167 e. The molecule has 1 N–H and O–H groups in total. The Kier molecular flexibility index (Phi) is 3.47. The third kappa shape index (κ3) is 1.87. The second-order valence-corrected chi connectivity index (χ2v) is 2.86. The summed E-state index contributed by atoms with van der Waals surface area (Å²) in [7, 11) is 0. The van der Waals surface area contributed by atoms with Crippen molar-refractivity contribution in [1.29, 1.82) is 0 Å². The molecule has 0 saturated heterocycles. The number of benzene rings is 1. The highest BCUT2D eigenvalue weighted by Crippen LogP contribution is 2.24. The normalized spacial score (nSPS) is 10.5. The Morgan fingerprint density at radius 3 is 1.67 bits per heavy atom. The molecular weight excluding hydrogens is 212 g/mol. The summed E-state index contributed by atoms with van der Waals surface area (Å²) < 4.78 is 52.4. The summed E-state index contributed by atoms with van der Waals surface area (Å²) in [6.07, 6.45) is 0.802. The zero-order valence-corrected chi connectivity index (χ0v) is 7.66. The first-order valence-electron chi connectivity index (χ1n) is 4.10. The molecule has 0 amide bonds. The van der Waals surface area contributed by atoms with Crippen molar-refractivity contribution in [1.82, 2.24) is 0 Å². The third-order valence-electron chi connectivity index (χ3n) is 1.95. The average Bonchev–Trinajstić information content (AvgIpc) is 2.23. The second-order valence-electron chi connectivity index (χ2n) is 2.86. The van der Waals surface area contributed by atoms with Gasteiger partial charge in [0, 0.05) is 5.56 Å². The fraction of sp³-hybridized carbons (Fsp3) is 0.200. The Balaban J connectivity index is 3.50. The molecule has 0 radical (unpaired) electrons. The Morgan fingerprint density at radius 2 is 1.33 bits per heavy atom. The molecular formula is C10H8F4O. The summed E-state index contributed by atoms with van der Waals surface area (Å²) in [5, 5.41) is 8.54. The molecule has 0 heterocycles. The van der Waals surface area contributed by atoms with Crippen molar-refractivity contribution >= 4 is 0 Å². The second kappa shape index (κ2) is 4.44. The van der Waals surface area contributed by atoms with Crippen molar-refractivity contribution in [3.8, 4) is 0 Å². The van der Waals surface area contributed by atoms with E-state index in [4.69, 9.17) is 5.11 Å². The minimum Gasteiger partial charge on any atom is -0.391 e. The molecule has 0 aliphatic carbocycles. The highest BCUT2D eigenvalue weighted by atomic mass is 19.2. The molecule has 82 valence electrons. The molecule has 0 saturated carbocycles. The maximum atomic E-state index is 13.1. The quantitative estimate of drug-likeness (QED) is 0.471. The van der Waals surface area contributed by atoms with Crippen LogP contribution in [0.15, 0.2) is 12.7 Å². The van der Waals surface area contributed by atoms with Gasteiger partial charge in [-0.2, -0.15) is 0 Å². The van der Waals surface area contributed by atoms with Gasteiger partial charge in [0.15, 0.2) is 23.3 Å². The molecule has 1 aromatic carbocycles. The molecule has 1 nitrogen and oxygen atoms in total. The van der Waals surface area contributed by atoms with E-state index in [1.165, 1.54) is 0 Å². The Morgan fingerprint density at radius 1 is 0.933 bits per heavy atom. The van der Waals surface area contributed by atoms with Crippen molar-refractivity contribution in [2.75, 3.05) is 0 Å². The summed E-state index contributed by atoms with van der Waals surface area (Å²) in [5.41, 5.74) is -1.73. The van der Waals surface area contributed by atoms with E-state index in [0.717, 1.165) is 6.08 Å². The molecule has 1 aromatic rings. The van der Waals surface area contributed by atoms with Gasteiger partial charge in [0.05, 0.1) is 12.2 Å². The van der Waals surface area contributed by atoms with E-state index in [1.54, 1.807) is 0 Å². The zero-order valence-electron chi connectivity index (χ0n) is 7.66. The van der Waals surface area contributed by atoms with Gasteiger partial charge in [0.2, 0.25) is 0 Å². The first kappa shape index (κ1) is 11.7. The van der Waals surface area contributed by atoms with Gasteiger partial charge >= 0.3 is 0 Å². The van der Waals surface area contributed by atoms with E-state index in [1.807, 2.05) is 0 Å². The van der Waals surface area contributed by atoms with E-state index in [9.17, 15) is 17.6 Å². The van der Waals surface area contributed by atoms with E-state index >= 15 is 0 Å². The van der Waals surface area contributed by atoms with Crippen LogP contribution in [0, 0.1) is 23.3 Å². The monoisotopic (exact) mass is 220 g/mol. The average molecular weight is 220 g/mol. The maximum absolute atomic E-state index is 13.1. The van der Waals surface area contributed by atoms with Crippen LogP contribution in [0.3, 0.4) is 0 Å². The fourth-order valence-electron chi connectivity index (χ4n) is 1.18. The largest absolute Gasteiger partial charge is 0.391 e. The summed E-state index contributed by atoms with van der Waals surface area (Å²) in [5.74, 6) is -6.10. The molecule has 15 heavy (non-hydrogen) atoms. The highest BCUT2D eigenvalue weighted by Gasteiger charge is 2.23. The lowest BCUT2D eigenvalue weighted by Gasteiger charge is -2.08. The van der Waals surface area contributed by atoms with Gasteiger partial charge in [-0.15, -0.1) is 6.58 Å². The lowest BCUT2D eigenvalue weighted by Crippen LogP contribution is -2.08. The zero-order chi connectivity index (χ0) is 11.6. The standard InChI is InChI=1S/C10H8F4O/c1-2-3-5-7(11)9(13)6(4-15)10(14)8(5)12/h2,15H,1,3-4H2. The highest BCUT2D eigenvalue weighted by molar-refractivity contribution is 5.30. The Labute approximate surface area is 83.7 Å². The minimum atomic E-state index is -1.56. The summed E-state index contributed by atoms with van der Waals surface area (Å²) in [6.45, 7) is 2.12. The predicted octanol–water partition coefficient (Wildman–Crippen LogP) is 2.46. The van der Waals surface area contributed by atoms with E-state index in [0.29, 0.717) is 0 Å². The molecule has 0 fully saturated rings. The van der Waals surface area contributed by atoms with Crippen LogP contribution in [-0.4, -0.2) is 5.11 Å². The minimum absolute atomic E-state index is 0.322. The number of hydrogen-bond acceptors (Lipinski definition) is 1. The van der Waals surface area contributed by atoms with E-state index < -0.39 is 41.0 Å². The SMILES string of the molecule is C=CCc1c(F)c(F)c(CO)c(F)c1F. The molecule has 0 aromatic heterocycles. The van der Waals surface area contributed by atoms with Gasteiger partial charge < -0.3 is 5.11 Å². The topological polar surface area (TPSA) is 20.2 Å². The first-order valence-corrected chi connectivity index (χ1v) is 4.10. The van der Waals surface area contributed by atoms with Crippen LogP contribution < -0.4 is 0 Å². The van der Waals surface area contributed by atoms with E-state index in [2.05, 4.69) is 6.58 Å². The van der Waals surface area contributed by atoms with Crippen molar-refractivity contribution < 1.29 is 22.7 Å². The molecule has 0 unspecified atom stereocenters. The van der Waals surface area contributed by atoms with Gasteiger partial charge in [-0.25, -0.2) is 17.6 Å². The first-order chi connectivity index (χ1) is 7.04. The molecule has 0 spiro atoms. The number of aliphatic hydroxyl groups is 1. The summed E-state index contributed by atoms with van der Waals surface area (Å²) >= 11 is 0. The predicted molar refractivity (Wildman–Crippen MR) is 46.1 cm³/mol. The van der Waals surface area contributed by atoms with Crippen LogP contribution >= 0.6 is 0 Å². The number of hydrogen-bond donors (Lipinski definition) is 1. The van der Waals surface area contributed by atoms with Crippen molar-refractivity contribution in [3.05, 3.63) is 47.1 Å². The van der Waals surface area contributed by atoms with Crippen LogP contribution in [0.4, 0.5) is 17.6 Å². The van der Waals surface area contributed by atoms with Crippen LogP contribution in [0.25, 0.3) is 0 Å². The number of allylic oxidation sites excluding steroid dienone is 1. The molecule has 0 bridgehead atoms. The van der Waals surface area contributed by atoms with Gasteiger partial charge in [-0.1, -0.05) is 6.08 Å². The fourth-order valence-corrected chi connectivity index (χ4v) is 1.18. The van der Waals surface area contributed by atoms with Crippen LogP contribution in [0.1, 0.15) is 11.1 Å².